The maximum absolute atomic E-state index is 11.9. The molecule has 0 aromatic carbocycles. The van der Waals surface area contributed by atoms with Crippen LogP contribution in [0.2, 0.25) is 0 Å². The van der Waals surface area contributed by atoms with Crippen LogP contribution in [-0.2, 0) is 0 Å². The summed E-state index contributed by atoms with van der Waals surface area (Å²) in [5.74, 6) is -0.0819. The highest BCUT2D eigenvalue weighted by Gasteiger charge is 2.31. The van der Waals surface area contributed by atoms with Gasteiger partial charge in [0.1, 0.15) is 11.9 Å². The Morgan fingerprint density at radius 3 is 2.56 bits per heavy atom. The summed E-state index contributed by atoms with van der Waals surface area (Å²) in [5, 5.41) is 0. The van der Waals surface area contributed by atoms with Crippen molar-refractivity contribution in [3.8, 4) is 11.6 Å². The summed E-state index contributed by atoms with van der Waals surface area (Å²) in [6.45, 7) is 0. The van der Waals surface area contributed by atoms with E-state index in [0.717, 1.165) is 25.5 Å². The van der Waals surface area contributed by atoms with Crippen LogP contribution in [0, 0.1) is 0 Å². The molecule has 1 saturated carbocycles. The van der Waals surface area contributed by atoms with E-state index in [-0.39, 0.29) is 23.8 Å². The van der Waals surface area contributed by atoms with Crippen molar-refractivity contribution in [3.63, 3.8) is 0 Å². The van der Waals surface area contributed by atoms with Crippen molar-refractivity contribution < 1.29 is 22.6 Å². The van der Waals surface area contributed by atoms with Crippen LogP contribution in [0.4, 0.5) is 13.2 Å². The second-order valence-corrected chi connectivity index (χ2v) is 4.19. The molecule has 0 spiro atoms. The summed E-state index contributed by atoms with van der Waals surface area (Å²) in [7, 11) is 0. The molecular weight excluding hydrogens is 249 g/mol. The number of nitrogens with two attached hydrogens (primary N) is 1. The van der Waals surface area contributed by atoms with Gasteiger partial charge in [0.25, 0.3) is 0 Å². The van der Waals surface area contributed by atoms with E-state index >= 15 is 0 Å². The summed E-state index contributed by atoms with van der Waals surface area (Å²) in [4.78, 5) is 3.76. The quantitative estimate of drug-likeness (QED) is 0.907. The topological polar surface area (TPSA) is 57.4 Å². The maximum atomic E-state index is 11.9. The predicted octanol–water partition coefficient (Wildman–Crippen LogP) is 2.24. The molecule has 2 N–H and O–H groups in total. The second-order valence-electron chi connectivity index (χ2n) is 4.19. The number of nitrogens with zero attached hydrogens (tertiary/aromatic N) is 1. The zero-order valence-electron chi connectivity index (χ0n) is 9.48. The van der Waals surface area contributed by atoms with Crippen molar-refractivity contribution >= 4 is 0 Å². The van der Waals surface area contributed by atoms with Gasteiger partial charge in [-0.15, -0.1) is 13.2 Å². The standard InChI is InChI=1S/C11H13F3N2O2/c12-11(13,14)18-9-3-4-10(16-6-9)17-8-2-1-7(15)5-8/h3-4,6-8H,1-2,5,15H2. The van der Waals surface area contributed by atoms with E-state index in [0.29, 0.717) is 0 Å². The third-order valence-corrected chi connectivity index (χ3v) is 2.66. The fourth-order valence-electron chi connectivity index (χ4n) is 1.88. The van der Waals surface area contributed by atoms with E-state index in [1.807, 2.05) is 0 Å². The summed E-state index contributed by atoms with van der Waals surface area (Å²) < 4.78 is 45.0. The highest BCUT2D eigenvalue weighted by molar-refractivity contribution is 5.23. The second kappa shape index (κ2) is 5.01. The van der Waals surface area contributed by atoms with E-state index in [4.69, 9.17) is 10.5 Å². The van der Waals surface area contributed by atoms with E-state index in [1.165, 1.54) is 12.1 Å². The first-order chi connectivity index (χ1) is 8.42. The molecule has 4 nitrogen and oxygen atoms in total. The van der Waals surface area contributed by atoms with Crippen LogP contribution in [0.15, 0.2) is 18.3 Å². The summed E-state index contributed by atoms with van der Waals surface area (Å²) >= 11 is 0. The minimum atomic E-state index is -4.71. The summed E-state index contributed by atoms with van der Waals surface area (Å²) in [5.41, 5.74) is 5.73. The lowest BCUT2D eigenvalue weighted by Crippen LogP contribution is -2.19. The van der Waals surface area contributed by atoms with Gasteiger partial charge in [0.15, 0.2) is 0 Å². The van der Waals surface area contributed by atoms with Gasteiger partial charge in [0.05, 0.1) is 6.20 Å². The van der Waals surface area contributed by atoms with Crippen LogP contribution in [-0.4, -0.2) is 23.5 Å². The third-order valence-electron chi connectivity index (χ3n) is 2.66. The predicted molar refractivity (Wildman–Crippen MR) is 57.2 cm³/mol. The van der Waals surface area contributed by atoms with Gasteiger partial charge in [-0.25, -0.2) is 4.98 Å². The van der Waals surface area contributed by atoms with Crippen molar-refractivity contribution in [1.82, 2.24) is 4.98 Å². The van der Waals surface area contributed by atoms with E-state index in [9.17, 15) is 13.2 Å². The maximum Gasteiger partial charge on any atom is 0.573 e. The number of ether oxygens (including phenoxy) is 2. The molecule has 1 heterocycles. The smallest absolute Gasteiger partial charge is 0.474 e. The van der Waals surface area contributed by atoms with E-state index in [2.05, 4.69) is 9.72 Å². The van der Waals surface area contributed by atoms with Crippen LogP contribution >= 0.6 is 0 Å². The molecule has 0 amide bonds. The van der Waals surface area contributed by atoms with Gasteiger partial charge >= 0.3 is 6.36 Å². The summed E-state index contributed by atoms with van der Waals surface area (Å²) in [6, 6.07) is 2.65. The van der Waals surface area contributed by atoms with Gasteiger partial charge in [-0.3, -0.25) is 0 Å². The Labute approximate surface area is 102 Å². The van der Waals surface area contributed by atoms with Crippen molar-refractivity contribution in [3.05, 3.63) is 18.3 Å². The third kappa shape index (κ3) is 3.76. The molecule has 0 aliphatic heterocycles. The Hall–Kier alpha value is -1.50. The highest BCUT2D eigenvalue weighted by Crippen LogP contribution is 2.25. The average molecular weight is 262 g/mol. The minimum Gasteiger partial charge on any atom is -0.474 e. The number of rotatable bonds is 3. The SMILES string of the molecule is NC1CCC(Oc2ccc(OC(F)(F)F)cn2)C1. The van der Waals surface area contributed by atoms with Crippen LogP contribution in [0.25, 0.3) is 0 Å². The van der Waals surface area contributed by atoms with Crippen LogP contribution in [0.1, 0.15) is 19.3 Å². The van der Waals surface area contributed by atoms with Crippen LogP contribution in [0.5, 0.6) is 11.6 Å². The first kappa shape index (κ1) is 12.9. The van der Waals surface area contributed by atoms with Crippen molar-refractivity contribution in [2.75, 3.05) is 0 Å². The number of alkyl halides is 3. The Balaban J connectivity index is 1.91. The van der Waals surface area contributed by atoms with Crippen molar-refractivity contribution in [2.45, 2.75) is 37.8 Å². The number of pyridine rings is 1. The van der Waals surface area contributed by atoms with Gasteiger partial charge in [-0.2, -0.15) is 0 Å². The molecule has 1 aliphatic carbocycles. The van der Waals surface area contributed by atoms with E-state index < -0.39 is 6.36 Å². The van der Waals surface area contributed by atoms with Crippen LogP contribution < -0.4 is 15.2 Å². The molecule has 100 valence electrons. The van der Waals surface area contributed by atoms with Gasteiger partial charge in [-0.1, -0.05) is 0 Å². The molecule has 1 fully saturated rings. The molecular formula is C11H13F3N2O2. The number of hydrogen-bond donors (Lipinski definition) is 1. The van der Waals surface area contributed by atoms with Gasteiger partial charge in [0, 0.05) is 12.1 Å². The number of hydrogen-bond acceptors (Lipinski definition) is 4. The molecule has 2 rings (SSSR count). The monoisotopic (exact) mass is 262 g/mol. The first-order valence-corrected chi connectivity index (χ1v) is 5.56. The molecule has 2 unspecified atom stereocenters. The number of halogens is 3. The van der Waals surface area contributed by atoms with Gasteiger partial charge in [0.2, 0.25) is 5.88 Å². The van der Waals surface area contributed by atoms with Crippen molar-refractivity contribution in [2.24, 2.45) is 5.73 Å². The Bertz CT molecular complexity index is 394. The lowest BCUT2D eigenvalue weighted by Gasteiger charge is -2.13. The van der Waals surface area contributed by atoms with Crippen LogP contribution in [0.3, 0.4) is 0 Å². The largest absolute Gasteiger partial charge is 0.573 e. The van der Waals surface area contributed by atoms with Gasteiger partial charge in [-0.05, 0) is 25.3 Å². The zero-order valence-corrected chi connectivity index (χ0v) is 9.48. The van der Waals surface area contributed by atoms with Gasteiger partial charge < -0.3 is 15.2 Å². The molecule has 1 aromatic rings. The molecule has 2 atom stereocenters. The lowest BCUT2D eigenvalue weighted by atomic mass is 10.3. The number of aromatic nitrogens is 1. The molecule has 0 radical (unpaired) electrons. The van der Waals surface area contributed by atoms with E-state index in [1.54, 1.807) is 0 Å². The first-order valence-electron chi connectivity index (χ1n) is 5.56. The average Bonchev–Trinajstić information content (AvgIpc) is 2.65. The lowest BCUT2D eigenvalue weighted by molar-refractivity contribution is -0.274. The Morgan fingerprint density at radius 2 is 2.06 bits per heavy atom. The molecule has 1 aliphatic rings. The molecule has 0 bridgehead atoms. The van der Waals surface area contributed by atoms with Crippen molar-refractivity contribution in [1.29, 1.82) is 0 Å². The fourth-order valence-corrected chi connectivity index (χ4v) is 1.88. The molecule has 1 aromatic heterocycles. The minimum absolute atomic E-state index is 0.0121. The molecule has 0 saturated heterocycles. The normalized spacial score (nSPS) is 24.0. The molecule has 7 heteroatoms. The molecule has 18 heavy (non-hydrogen) atoms. The Kier molecular flexibility index (Phi) is 3.60. The Morgan fingerprint density at radius 1 is 1.28 bits per heavy atom. The highest BCUT2D eigenvalue weighted by atomic mass is 19.4. The zero-order chi connectivity index (χ0) is 13.2. The fraction of sp³-hybridized carbons (Fsp3) is 0.545. The summed E-state index contributed by atoms with van der Waals surface area (Å²) in [6.07, 6.45) is -1.27.